The zero-order chi connectivity index (χ0) is 21.5. The minimum atomic E-state index is -3.76. The van der Waals surface area contributed by atoms with Crippen LogP contribution in [0.2, 0.25) is 0 Å². The average molecular weight is 429 g/mol. The van der Waals surface area contributed by atoms with Crippen LogP contribution >= 0.6 is 0 Å². The van der Waals surface area contributed by atoms with Crippen molar-refractivity contribution in [3.8, 4) is 5.75 Å². The van der Waals surface area contributed by atoms with Crippen LogP contribution in [-0.2, 0) is 14.8 Å². The lowest BCUT2D eigenvalue weighted by atomic mass is 10.1. The van der Waals surface area contributed by atoms with Gasteiger partial charge in [-0.1, -0.05) is 18.2 Å². The van der Waals surface area contributed by atoms with Gasteiger partial charge in [0.2, 0.25) is 10.0 Å². The summed E-state index contributed by atoms with van der Waals surface area (Å²) in [6.07, 6.45) is -0.626. The Hall–Kier alpha value is -2.91. The maximum atomic E-state index is 13.1. The van der Waals surface area contributed by atoms with Gasteiger partial charge < -0.3 is 15.0 Å². The molecule has 2 aromatic rings. The Kier molecular flexibility index (Phi) is 5.25. The van der Waals surface area contributed by atoms with Gasteiger partial charge >= 0.3 is 0 Å². The molecule has 1 atom stereocenters. The van der Waals surface area contributed by atoms with E-state index in [1.165, 1.54) is 16.4 Å². The first kappa shape index (κ1) is 20.4. The third kappa shape index (κ3) is 3.66. The van der Waals surface area contributed by atoms with Crippen LogP contribution in [0.4, 0.5) is 5.69 Å². The maximum absolute atomic E-state index is 13.1. The van der Waals surface area contributed by atoms with Crippen LogP contribution in [-0.4, -0.2) is 61.7 Å². The van der Waals surface area contributed by atoms with E-state index in [2.05, 4.69) is 5.32 Å². The van der Waals surface area contributed by atoms with E-state index in [0.717, 1.165) is 5.56 Å². The van der Waals surface area contributed by atoms with Crippen LogP contribution < -0.4 is 10.1 Å². The largest absolute Gasteiger partial charge is 0.479 e. The molecule has 0 bridgehead atoms. The monoisotopic (exact) mass is 429 g/mol. The molecular weight excluding hydrogens is 406 g/mol. The molecular formula is C21H23N3O5S. The Morgan fingerprint density at radius 3 is 2.50 bits per heavy atom. The van der Waals surface area contributed by atoms with Crippen LogP contribution in [0.3, 0.4) is 0 Å². The fraction of sp³-hybridized carbons (Fsp3) is 0.333. The first-order chi connectivity index (χ1) is 14.3. The van der Waals surface area contributed by atoms with E-state index in [-0.39, 0.29) is 29.8 Å². The van der Waals surface area contributed by atoms with Crippen molar-refractivity contribution in [3.05, 3.63) is 53.6 Å². The fourth-order valence-electron chi connectivity index (χ4n) is 3.61. The molecule has 0 spiro atoms. The van der Waals surface area contributed by atoms with Crippen LogP contribution in [0.1, 0.15) is 22.8 Å². The highest BCUT2D eigenvalue weighted by molar-refractivity contribution is 7.89. The van der Waals surface area contributed by atoms with Crippen molar-refractivity contribution >= 4 is 27.5 Å². The summed E-state index contributed by atoms with van der Waals surface area (Å²) in [6.45, 7) is 4.55. The van der Waals surface area contributed by atoms with E-state index < -0.39 is 16.1 Å². The van der Waals surface area contributed by atoms with Gasteiger partial charge in [-0.15, -0.1) is 0 Å². The topological polar surface area (TPSA) is 96.0 Å². The predicted molar refractivity (Wildman–Crippen MR) is 111 cm³/mol. The van der Waals surface area contributed by atoms with Crippen LogP contribution in [0.5, 0.6) is 5.75 Å². The summed E-state index contributed by atoms with van der Waals surface area (Å²) >= 11 is 0. The van der Waals surface area contributed by atoms with Crippen molar-refractivity contribution in [1.82, 2.24) is 9.21 Å². The molecule has 1 saturated heterocycles. The lowest BCUT2D eigenvalue weighted by Gasteiger charge is -2.34. The summed E-state index contributed by atoms with van der Waals surface area (Å²) in [5, 5.41) is 2.67. The molecule has 2 aromatic carbocycles. The van der Waals surface area contributed by atoms with E-state index in [1.54, 1.807) is 24.0 Å². The normalized spacial score (nSPS) is 19.6. The number of rotatable bonds is 3. The number of nitrogens with one attached hydrogen (secondary N) is 1. The number of sulfonamides is 1. The summed E-state index contributed by atoms with van der Waals surface area (Å²) in [5.74, 6) is 0.0305. The van der Waals surface area contributed by atoms with Gasteiger partial charge in [-0.25, -0.2) is 8.42 Å². The van der Waals surface area contributed by atoms with Gasteiger partial charge in [-0.3, -0.25) is 9.59 Å². The molecule has 2 aliphatic rings. The predicted octanol–water partition coefficient (Wildman–Crippen LogP) is 1.86. The molecule has 1 N–H and O–H groups in total. The van der Waals surface area contributed by atoms with Crippen molar-refractivity contribution in [1.29, 1.82) is 0 Å². The van der Waals surface area contributed by atoms with Gasteiger partial charge in [0.1, 0.15) is 5.75 Å². The van der Waals surface area contributed by atoms with Crippen LogP contribution in [0.25, 0.3) is 0 Å². The number of carbonyl (C=O) groups excluding carboxylic acids is 2. The van der Waals surface area contributed by atoms with Crippen molar-refractivity contribution < 1.29 is 22.7 Å². The molecule has 0 aromatic heterocycles. The van der Waals surface area contributed by atoms with Gasteiger partial charge in [0.25, 0.3) is 11.8 Å². The molecule has 2 aliphatic heterocycles. The summed E-state index contributed by atoms with van der Waals surface area (Å²) in [4.78, 5) is 26.4. The molecule has 4 rings (SSSR count). The molecule has 9 heteroatoms. The zero-order valence-corrected chi connectivity index (χ0v) is 17.6. The van der Waals surface area contributed by atoms with Crippen LogP contribution in [0.15, 0.2) is 47.4 Å². The molecule has 0 radical (unpaired) electrons. The number of amides is 2. The SMILES string of the molecule is Cc1ccccc1C(=O)N1CCN(S(=O)(=O)c2ccc3c(c2)NC(=O)[C@H](C)O3)CC1. The zero-order valence-electron chi connectivity index (χ0n) is 16.8. The number of hydrogen-bond donors (Lipinski definition) is 1. The van der Waals surface area contributed by atoms with Gasteiger partial charge in [0.15, 0.2) is 6.10 Å². The molecule has 0 unspecified atom stereocenters. The Labute approximate surface area is 175 Å². The smallest absolute Gasteiger partial charge is 0.265 e. The number of anilines is 1. The van der Waals surface area contributed by atoms with Crippen molar-refractivity contribution in [2.24, 2.45) is 0 Å². The Morgan fingerprint density at radius 2 is 1.80 bits per heavy atom. The molecule has 30 heavy (non-hydrogen) atoms. The van der Waals surface area contributed by atoms with E-state index >= 15 is 0 Å². The number of carbonyl (C=O) groups is 2. The number of aryl methyl sites for hydroxylation is 1. The Bertz CT molecular complexity index is 1110. The molecule has 2 amide bonds. The summed E-state index contributed by atoms with van der Waals surface area (Å²) < 4.78 is 33.0. The molecule has 158 valence electrons. The fourth-order valence-corrected chi connectivity index (χ4v) is 5.06. The highest BCUT2D eigenvalue weighted by atomic mass is 32.2. The molecule has 0 aliphatic carbocycles. The van der Waals surface area contributed by atoms with Gasteiger partial charge in [-0.05, 0) is 43.7 Å². The third-order valence-electron chi connectivity index (χ3n) is 5.42. The van der Waals surface area contributed by atoms with E-state index in [9.17, 15) is 18.0 Å². The van der Waals surface area contributed by atoms with Gasteiger partial charge in [0.05, 0.1) is 10.6 Å². The van der Waals surface area contributed by atoms with Crippen molar-refractivity contribution in [3.63, 3.8) is 0 Å². The summed E-state index contributed by atoms with van der Waals surface area (Å²) in [6, 6.07) is 11.8. The average Bonchev–Trinajstić information content (AvgIpc) is 2.74. The summed E-state index contributed by atoms with van der Waals surface area (Å²) in [7, 11) is -3.76. The number of nitrogens with zero attached hydrogens (tertiary/aromatic N) is 2. The lowest BCUT2D eigenvalue weighted by Crippen LogP contribution is -2.50. The minimum Gasteiger partial charge on any atom is -0.479 e. The van der Waals surface area contributed by atoms with Crippen molar-refractivity contribution in [2.45, 2.75) is 24.8 Å². The van der Waals surface area contributed by atoms with E-state index in [1.807, 2.05) is 25.1 Å². The highest BCUT2D eigenvalue weighted by Gasteiger charge is 2.32. The maximum Gasteiger partial charge on any atom is 0.265 e. The first-order valence-electron chi connectivity index (χ1n) is 9.74. The second-order valence-electron chi connectivity index (χ2n) is 7.42. The third-order valence-corrected chi connectivity index (χ3v) is 7.32. The molecule has 0 saturated carbocycles. The standard InChI is InChI=1S/C21H23N3O5S/c1-14-5-3-4-6-17(14)21(26)23-9-11-24(12-10-23)30(27,28)16-7-8-19-18(13-16)22-20(25)15(2)29-19/h3-8,13,15H,9-12H2,1-2H3,(H,22,25)/t15-/m0/s1. The quantitative estimate of drug-likeness (QED) is 0.804. The number of ether oxygens (including phenoxy) is 1. The van der Waals surface area contributed by atoms with E-state index in [0.29, 0.717) is 30.1 Å². The summed E-state index contributed by atoms with van der Waals surface area (Å²) in [5.41, 5.74) is 1.87. The van der Waals surface area contributed by atoms with E-state index in [4.69, 9.17) is 4.74 Å². The van der Waals surface area contributed by atoms with Gasteiger partial charge in [-0.2, -0.15) is 4.31 Å². The molecule has 1 fully saturated rings. The second kappa shape index (κ2) is 7.73. The Balaban J connectivity index is 1.48. The van der Waals surface area contributed by atoms with Crippen molar-refractivity contribution in [2.75, 3.05) is 31.5 Å². The second-order valence-corrected chi connectivity index (χ2v) is 9.36. The van der Waals surface area contributed by atoms with Gasteiger partial charge in [0, 0.05) is 31.7 Å². The lowest BCUT2D eigenvalue weighted by molar-refractivity contribution is -0.122. The minimum absolute atomic E-state index is 0.0818. The number of benzene rings is 2. The number of piperazine rings is 1. The van der Waals surface area contributed by atoms with Crippen LogP contribution in [0, 0.1) is 6.92 Å². The molecule has 8 nitrogen and oxygen atoms in total. The number of hydrogen-bond acceptors (Lipinski definition) is 5. The number of fused-ring (bicyclic) bond motifs is 1. The highest BCUT2D eigenvalue weighted by Crippen LogP contribution is 2.33. The Morgan fingerprint density at radius 1 is 1.10 bits per heavy atom. The first-order valence-corrected chi connectivity index (χ1v) is 11.2. The molecule has 2 heterocycles.